The maximum atomic E-state index is 5.94. The van der Waals surface area contributed by atoms with Crippen molar-refractivity contribution >= 4 is 5.82 Å². The molecule has 0 aliphatic carbocycles. The molecule has 0 spiro atoms. The Morgan fingerprint density at radius 2 is 1.85 bits per heavy atom. The van der Waals surface area contributed by atoms with Crippen LogP contribution in [0.15, 0.2) is 6.07 Å². The third-order valence-electron chi connectivity index (χ3n) is 3.18. The SMILES string of the molecule is CCCNc1cc(OC(C)C(C)C)nc(C(C)(C)C)n1. The van der Waals surface area contributed by atoms with Gasteiger partial charge in [0.25, 0.3) is 0 Å². The van der Waals surface area contributed by atoms with Crippen LogP contribution in [0.5, 0.6) is 5.88 Å². The predicted octanol–water partition coefficient (Wildman–Crippen LogP) is 4.02. The van der Waals surface area contributed by atoms with E-state index in [0.717, 1.165) is 24.6 Å². The number of nitrogens with one attached hydrogen (secondary N) is 1. The molecule has 4 heteroatoms. The molecule has 1 atom stereocenters. The Kier molecular flexibility index (Phi) is 5.78. The third kappa shape index (κ3) is 4.99. The smallest absolute Gasteiger partial charge is 0.219 e. The lowest BCUT2D eigenvalue weighted by Crippen LogP contribution is -2.22. The zero-order chi connectivity index (χ0) is 15.3. The van der Waals surface area contributed by atoms with Crippen molar-refractivity contribution in [3.8, 4) is 5.88 Å². The summed E-state index contributed by atoms with van der Waals surface area (Å²) in [5, 5.41) is 3.32. The molecule has 0 saturated heterocycles. The van der Waals surface area contributed by atoms with Gasteiger partial charge in [-0.2, -0.15) is 4.98 Å². The fraction of sp³-hybridized carbons (Fsp3) is 0.750. The van der Waals surface area contributed by atoms with Crippen LogP contribution in [0.25, 0.3) is 0 Å². The highest BCUT2D eigenvalue weighted by molar-refractivity contribution is 5.39. The Balaban J connectivity index is 3.03. The van der Waals surface area contributed by atoms with Crippen molar-refractivity contribution in [3.05, 3.63) is 11.9 Å². The number of rotatable bonds is 6. The molecule has 1 heterocycles. The van der Waals surface area contributed by atoms with Crippen LogP contribution in [0.3, 0.4) is 0 Å². The van der Waals surface area contributed by atoms with Crippen LogP contribution in [0.4, 0.5) is 5.82 Å². The summed E-state index contributed by atoms with van der Waals surface area (Å²) in [6.45, 7) is 15.7. The minimum Gasteiger partial charge on any atom is -0.474 e. The van der Waals surface area contributed by atoms with Gasteiger partial charge in [0, 0.05) is 18.0 Å². The highest BCUT2D eigenvalue weighted by atomic mass is 16.5. The lowest BCUT2D eigenvalue weighted by molar-refractivity contribution is 0.162. The summed E-state index contributed by atoms with van der Waals surface area (Å²) in [6.07, 6.45) is 1.20. The molecule has 0 bridgehead atoms. The van der Waals surface area contributed by atoms with Crippen molar-refractivity contribution in [2.45, 2.75) is 66.4 Å². The van der Waals surface area contributed by atoms with Gasteiger partial charge in [-0.25, -0.2) is 4.98 Å². The van der Waals surface area contributed by atoms with Gasteiger partial charge in [0.15, 0.2) is 0 Å². The van der Waals surface area contributed by atoms with Gasteiger partial charge in [0.2, 0.25) is 5.88 Å². The number of hydrogen-bond donors (Lipinski definition) is 1. The monoisotopic (exact) mass is 279 g/mol. The zero-order valence-electron chi connectivity index (χ0n) is 13.9. The molecule has 0 radical (unpaired) electrons. The van der Waals surface area contributed by atoms with Gasteiger partial charge in [-0.1, -0.05) is 41.5 Å². The first kappa shape index (κ1) is 16.7. The third-order valence-corrected chi connectivity index (χ3v) is 3.18. The summed E-state index contributed by atoms with van der Waals surface area (Å²) in [4.78, 5) is 9.15. The Morgan fingerprint density at radius 3 is 2.35 bits per heavy atom. The average Bonchev–Trinajstić information content (AvgIpc) is 2.34. The summed E-state index contributed by atoms with van der Waals surface area (Å²) >= 11 is 0. The Hall–Kier alpha value is -1.32. The maximum absolute atomic E-state index is 5.94. The molecule has 0 aliphatic heterocycles. The van der Waals surface area contributed by atoms with Gasteiger partial charge in [0.05, 0.1) is 6.10 Å². The second-order valence-corrected chi connectivity index (χ2v) is 6.66. The van der Waals surface area contributed by atoms with E-state index in [2.05, 4.69) is 63.8 Å². The van der Waals surface area contributed by atoms with Crippen LogP contribution in [-0.2, 0) is 5.41 Å². The van der Waals surface area contributed by atoms with E-state index in [1.54, 1.807) is 0 Å². The van der Waals surface area contributed by atoms with Crippen LogP contribution in [0, 0.1) is 5.92 Å². The van der Waals surface area contributed by atoms with Crippen molar-refractivity contribution in [1.82, 2.24) is 9.97 Å². The number of hydrogen-bond acceptors (Lipinski definition) is 4. The molecule has 1 rings (SSSR count). The van der Waals surface area contributed by atoms with E-state index in [9.17, 15) is 0 Å². The molecule has 0 saturated carbocycles. The zero-order valence-corrected chi connectivity index (χ0v) is 13.9. The molecule has 0 aromatic carbocycles. The average molecular weight is 279 g/mol. The minimum atomic E-state index is -0.0942. The van der Waals surface area contributed by atoms with Crippen LogP contribution < -0.4 is 10.1 Å². The molecule has 1 aromatic rings. The Labute approximate surface area is 123 Å². The van der Waals surface area contributed by atoms with E-state index in [1.165, 1.54) is 0 Å². The molecule has 0 fully saturated rings. The second-order valence-electron chi connectivity index (χ2n) is 6.66. The normalized spacial score (nSPS) is 13.4. The summed E-state index contributed by atoms with van der Waals surface area (Å²) in [6, 6.07) is 1.89. The van der Waals surface area contributed by atoms with Gasteiger partial charge in [-0.3, -0.25) is 0 Å². The van der Waals surface area contributed by atoms with Crippen molar-refractivity contribution in [2.75, 3.05) is 11.9 Å². The van der Waals surface area contributed by atoms with E-state index in [4.69, 9.17) is 4.74 Å². The molecule has 1 N–H and O–H groups in total. The summed E-state index contributed by atoms with van der Waals surface area (Å²) in [5.74, 6) is 2.77. The first-order valence-electron chi connectivity index (χ1n) is 7.54. The van der Waals surface area contributed by atoms with Crippen LogP contribution >= 0.6 is 0 Å². The maximum Gasteiger partial charge on any atom is 0.219 e. The first-order chi connectivity index (χ1) is 9.24. The molecular weight excluding hydrogens is 250 g/mol. The Morgan fingerprint density at radius 1 is 1.20 bits per heavy atom. The topological polar surface area (TPSA) is 47.0 Å². The molecule has 20 heavy (non-hydrogen) atoms. The highest BCUT2D eigenvalue weighted by Gasteiger charge is 2.20. The number of ether oxygens (including phenoxy) is 1. The van der Waals surface area contributed by atoms with Gasteiger partial charge in [-0.15, -0.1) is 0 Å². The van der Waals surface area contributed by atoms with E-state index < -0.39 is 0 Å². The largest absolute Gasteiger partial charge is 0.474 e. The molecule has 1 aromatic heterocycles. The number of aromatic nitrogens is 2. The molecule has 0 aliphatic rings. The first-order valence-corrected chi connectivity index (χ1v) is 7.54. The van der Waals surface area contributed by atoms with Crippen molar-refractivity contribution in [1.29, 1.82) is 0 Å². The quantitative estimate of drug-likeness (QED) is 0.854. The predicted molar refractivity (Wildman–Crippen MR) is 84.4 cm³/mol. The molecular formula is C16H29N3O. The molecule has 4 nitrogen and oxygen atoms in total. The summed E-state index contributed by atoms with van der Waals surface area (Å²) < 4.78 is 5.94. The fourth-order valence-corrected chi connectivity index (χ4v) is 1.49. The standard InChI is InChI=1S/C16H29N3O/c1-8-9-17-13-10-14(20-12(4)11(2)3)19-15(18-13)16(5,6)7/h10-12H,8-9H2,1-7H3,(H,17,18,19). The van der Waals surface area contributed by atoms with Crippen molar-refractivity contribution in [2.24, 2.45) is 5.92 Å². The lowest BCUT2D eigenvalue weighted by Gasteiger charge is -2.21. The second kappa shape index (κ2) is 6.91. The van der Waals surface area contributed by atoms with E-state index in [-0.39, 0.29) is 11.5 Å². The van der Waals surface area contributed by atoms with E-state index in [1.807, 2.05) is 6.07 Å². The Bertz CT molecular complexity index is 424. The highest BCUT2D eigenvalue weighted by Crippen LogP contribution is 2.24. The van der Waals surface area contributed by atoms with Crippen LogP contribution in [-0.4, -0.2) is 22.6 Å². The van der Waals surface area contributed by atoms with Gasteiger partial charge in [0.1, 0.15) is 11.6 Å². The van der Waals surface area contributed by atoms with E-state index in [0.29, 0.717) is 11.8 Å². The minimum absolute atomic E-state index is 0.0942. The fourth-order valence-electron chi connectivity index (χ4n) is 1.49. The van der Waals surface area contributed by atoms with Gasteiger partial charge in [-0.05, 0) is 19.3 Å². The number of anilines is 1. The van der Waals surface area contributed by atoms with Gasteiger partial charge >= 0.3 is 0 Å². The molecule has 114 valence electrons. The van der Waals surface area contributed by atoms with Crippen LogP contribution in [0.2, 0.25) is 0 Å². The van der Waals surface area contributed by atoms with E-state index >= 15 is 0 Å². The summed E-state index contributed by atoms with van der Waals surface area (Å²) in [5.41, 5.74) is -0.0942. The molecule has 1 unspecified atom stereocenters. The van der Waals surface area contributed by atoms with Crippen molar-refractivity contribution < 1.29 is 4.74 Å². The lowest BCUT2D eigenvalue weighted by atomic mass is 9.96. The van der Waals surface area contributed by atoms with Crippen molar-refractivity contribution in [3.63, 3.8) is 0 Å². The number of nitrogens with zero attached hydrogens (tertiary/aromatic N) is 2. The molecule has 0 amide bonds. The van der Waals surface area contributed by atoms with Crippen LogP contribution in [0.1, 0.15) is 60.7 Å². The summed E-state index contributed by atoms with van der Waals surface area (Å²) in [7, 11) is 0. The van der Waals surface area contributed by atoms with Gasteiger partial charge < -0.3 is 10.1 Å².